The summed E-state index contributed by atoms with van der Waals surface area (Å²) >= 11 is 3.32. The maximum Gasteiger partial charge on any atom is 0.347 e. The number of rotatable bonds is 7. The first kappa shape index (κ1) is 22.3. The highest BCUT2D eigenvalue weighted by Crippen LogP contribution is 2.30. The van der Waals surface area contributed by atoms with Crippen LogP contribution >= 0.6 is 15.9 Å². The second-order valence-electron chi connectivity index (χ2n) is 7.03. The summed E-state index contributed by atoms with van der Waals surface area (Å²) < 4.78 is 36.8. The summed E-state index contributed by atoms with van der Waals surface area (Å²) in [7, 11) is -3.37. The van der Waals surface area contributed by atoms with Crippen molar-refractivity contribution in [3.05, 3.63) is 58.1 Å². The second kappa shape index (κ2) is 9.18. The molecule has 2 aromatic rings. The summed E-state index contributed by atoms with van der Waals surface area (Å²) in [4.78, 5) is 24.6. The quantitative estimate of drug-likeness (QED) is 0.432. The predicted molar refractivity (Wildman–Crippen MR) is 116 cm³/mol. The van der Waals surface area contributed by atoms with Crippen molar-refractivity contribution in [1.29, 1.82) is 0 Å². The smallest absolute Gasteiger partial charge is 0.347 e. The van der Waals surface area contributed by atoms with Gasteiger partial charge in [-0.3, -0.25) is 9.10 Å². The van der Waals surface area contributed by atoms with Crippen molar-refractivity contribution in [2.24, 2.45) is 0 Å². The van der Waals surface area contributed by atoms with E-state index in [4.69, 9.17) is 9.47 Å². The molecule has 160 valence electrons. The average Bonchev–Trinajstić information content (AvgIpc) is 2.71. The lowest BCUT2D eigenvalue weighted by Crippen LogP contribution is -2.34. The van der Waals surface area contributed by atoms with E-state index in [2.05, 4.69) is 15.9 Å². The lowest BCUT2D eigenvalue weighted by molar-refractivity contribution is -0.149. The first-order valence-electron chi connectivity index (χ1n) is 9.38. The molecule has 1 heterocycles. The van der Waals surface area contributed by atoms with E-state index in [0.29, 0.717) is 36.4 Å². The molecule has 1 atom stereocenters. The van der Waals surface area contributed by atoms with Gasteiger partial charge in [0, 0.05) is 16.6 Å². The van der Waals surface area contributed by atoms with Crippen LogP contribution in [0.2, 0.25) is 0 Å². The van der Waals surface area contributed by atoms with E-state index in [1.54, 1.807) is 49.4 Å². The molecule has 9 heteroatoms. The summed E-state index contributed by atoms with van der Waals surface area (Å²) in [6.45, 7) is 1.56. The van der Waals surface area contributed by atoms with Gasteiger partial charge in [0.25, 0.3) is 0 Å². The van der Waals surface area contributed by atoms with E-state index in [0.717, 1.165) is 16.3 Å². The Bertz CT molecular complexity index is 1050. The molecule has 1 aliphatic rings. The first-order chi connectivity index (χ1) is 14.1. The Morgan fingerprint density at radius 3 is 2.53 bits per heavy atom. The molecule has 0 fully saturated rings. The molecule has 2 aromatic carbocycles. The maximum atomic E-state index is 12.5. The average molecular weight is 496 g/mol. The summed E-state index contributed by atoms with van der Waals surface area (Å²) in [6.07, 6.45) is 1.65. The van der Waals surface area contributed by atoms with Crippen molar-refractivity contribution in [1.82, 2.24) is 0 Å². The van der Waals surface area contributed by atoms with Gasteiger partial charge in [-0.15, -0.1) is 0 Å². The molecule has 30 heavy (non-hydrogen) atoms. The lowest BCUT2D eigenvalue weighted by atomic mass is 9.99. The molecular formula is C21H22BrNO6S. The SMILES string of the molecule is CC(Oc1ccc(Br)cc1)C(=O)OCC(=O)c1ccc2c(c1)CCCN2S(C)(=O)=O. The molecule has 0 spiro atoms. The molecule has 1 aliphatic heterocycles. The highest BCUT2D eigenvalue weighted by molar-refractivity contribution is 9.10. The summed E-state index contributed by atoms with van der Waals surface area (Å²) in [6, 6.07) is 11.9. The van der Waals surface area contributed by atoms with Crippen LogP contribution in [0.3, 0.4) is 0 Å². The molecule has 0 aromatic heterocycles. The third-order valence-corrected chi connectivity index (χ3v) is 6.39. The number of benzene rings is 2. The molecular weight excluding hydrogens is 474 g/mol. The van der Waals surface area contributed by atoms with Crippen molar-refractivity contribution in [2.45, 2.75) is 25.9 Å². The number of sulfonamides is 1. The van der Waals surface area contributed by atoms with Gasteiger partial charge < -0.3 is 9.47 Å². The van der Waals surface area contributed by atoms with E-state index in [1.807, 2.05) is 0 Å². The molecule has 0 radical (unpaired) electrons. The van der Waals surface area contributed by atoms with Crippen LogP contribution in [-0.2, 0) is 26.0 Å². The number of carbonyl (C=O) groups excluding carboxylic acids is 2. The molecule has 7 nitrogen and oxygen atoms in total. The van der Waals surface area contributed by atoms with Crippen LogP contribution in [0.1, 0.15) is 29.3 Å². The number of carbonyl (C=O) groups is 2. The van der Waals surface area contributed by atoms with E-state index in [-0.39, 0.29) is 5.78 Å². The summed E-state index contributed by atoms with van der Waals surface area (Å²) in [5.74, 6) is -0.495. The zero-order valence-corrected chi connectivity index (χ0v) is 19.0. The number of hydrogen-bond acceptors (Lipinski definition) is 6. The predicted octanol–water partition coefficient (Wildman–Crippen LogP) is 3.35. The number of Topliss-reactive ketones (excluding diaryl/α,β-unsaturated/α-hetero) is 1. The van der Waals surface area contributed by atoms with E-state index in [9.17, 15) is 18.0 Å². The zero-order valence-electron chi connectivity index (χ0n) is 16.6. The van der Waals surface area contributed by atoms with Crippen LogP contribution in [0.25, 0.3) is 0 Å². The third-order valence-electron chi connectivity index (χ3n) is 4.68. The number of nitrogens with zero attached hydrogens (tertiary/aromatic N) is 1. The van der Waals surface area contributed by atoms with Crippen LogP contribution < -0.4 is 9.04 Å². The topological polar surface area (TPSA) is 90.0 Å². The van der Waals surface area contributed by atoms with Gasteiger partial charge >= 0.3 is 5.97 Å². The van der Waals surface area contributed by atoms with Gasteiger partial charge in [0.2, 0.25) is 10.0 Å². The molecule has 0 amide bonds. The van der Waals surface area contributed by atoms with Crippen LogP contribution in [0, 0.1) is 0 Å². The summed E-state index contributed by atoms with van der Waals surface area (Å²) in [5.41, 5.74) is 1.75. The Labute approximate surface area is 184 Å². The van der Waals surface area contributed by atoms with Crippen molar-refractivity contribution in [3.63, 3.8) is 0 Å². The zero-order chi connectivity index (χ0) is 21.9. The van der Waals surface area contributed by atoms with Crippen LogP contribution in [0.15, 0.2) is 46.9 Å². The van der Waals surface area contributed by atoms with E-state index < -0.39 is 28.7 Å². The Morgan fingerprint density at radius 1 is 1.17 bits per heavy atom. The van der Waals surface area contributed by atoms with E-state index in [1.165, 1.54) is 4.31 Å². The number of ketones is 1. The maximum absolute atomic E-state index is 12.5. The fourth-order valence-electron chi connectivity index (χ4n) is 3.18. The second-order valence-corrected chi connectivity index (χ2v) is 9.85. The van der Waals surface area contributed by atoms with Gasteiger partial charge in [-0.25, -0.2) is 13.2 Å². The van der Waals surface area contributed by atoms with Gasteiger partial charge in [-0.1, -0.05) is 15.9 Å². The van der Waals surface area contributed by atoms with Crippen molar-refractivity contribution in [3.8, 4) is 5.75 Å². The number of anilines is 1. The monoisotopic (exact) mass is 495 g/mol. The van der Waals surface area contributed by atoms with Crippen molar-refractivity contribution in [2.75, 3.05) is 23.7 Å². The third kappa shape index (κ3) is 5.40. The molecule has 1 unspecified atom stereocenters. The Morgan fingerprint density at radius 2 is 1.87 bits per heavy atom. The van der Waals surface area contributed by atoms with Crippen LogP contribution in [0.4, 0.5) is 5.69 Å². The number of fused-ring (bicyclic) bond motifs is 1. The molecule has 0 aliphatic carbocycles. The van der Waals surface area contributed by atoms with Crippen molar-refractivity contribution < 1.29 is 27.5 Å². The number of hydrogen-bond donors (Lipinski definition) is 0. The molecule has 0 N–H and O–H groups in total. The fraction of sp³-hybridized carbons (Fsp3) is 0.333. The fourth-order valence-corrected chi connectivity index (χ4v) is 4.44. The van der Waals surface area contributed by atoms with Crippen LogP contribution in [0.5, 0.6) is 5.75 Å². The Balaban J connectivity index is 1.61. The number of aryl methyl sites for hydroxylation is 1. The van der Waals surface area contributed by atoms with Gasteiger partial charge in [-0.2, -0.15) is 0 Å². The standard InChI is InChI=1S/C21H22BrNO6S/c1-14(29-18-8-6-17(22)7-9-18)21(25)28-13-20(24)16-5-10-19-15(12-16)4-3-11-23(19)30(2,26)27/h5-10,12,14H,3-4,11,13H2,1-2H3. The van der Waals surface area contributed by atoms with Gasteiger partial charge in [0.05, 0.1) is 11.9 Å². The Kier molecular flexibility index (Phi) is 6.82. The molecule has 0 bridgehead atoms. The minimum Gasteiger partial charge on any atom is -0.479 e. The highest BCUT2D eigenvalue weighted by atomic mass is 79.9. The highest BCUT2D eigenvalue weighted by Gasteiger charge is 2.25. The minimum absolute atomic E-state index is 0.363. The van der Waals surface area contributed by atoms with Gasteiger partial charge in [0.15, 0.2) is 18.5 Å². The Hall–Kier alpha value is -2.39. The lowest BCUT2D eigenvalue weighted by Gasteiger charge is -2.29. The number of esters is 1. The van der Waals surface area contributed by atoms with E-state index >= 15 is 0 Å². The molecule has 0 saturated heterocycles. The van der Waals surface area contributed by atoms with Crippen LogP contribution in [-0.4, -0.2) is 45.7 Å². The molecule has 3 rings (SSSR count). The van der Waals surface area contributed by atoms with Gasteiger partial charge in [0.1, 0.15) is 5.75 Å². The first-order valence-corrected chi connectivity index (χ1v) is 12.0. The normalized spacial score (nSPS) is 14.6. The van der Waals surface area contributed by atoms with Gasteiger partial charge in [-0.05, 0) is 67.8 Å². The minimum atomic E-state index is -3.37. The summed E-state index contributed by atoms with van der Waals surface area (Å²) in [5, 5.41) is 0. The number of ether oxygens (including phenoxy) is 2. The largest absolute Gasteiger partial charge is 0.479 e. The molecule has 0 saturated carbocycles. The number of halogens is 1. The van der Waals surface area contributed by atoms with Crippen molar-refractivity contribution >= 4 is 43.4 Å².